The second-order valence-electron chi connectivity index (χ2n) is 5.24. The topological polar surface area (TPSA) is 49.4 Å². The van der Waals surface area contributed by atoms with Gasteiger partial charge in [0.1, 0.15) is 6.04 Å². The van der Waals surface area contributed by atoms with Crippen molar-refractivity contribution in [2.45, 2.75) is 33.4 Å². The first kappa shape index (κ1) is 16.7. The quantitative estimate of drug-likeness (QED) is 0.895. The van der Waals surface area contributed by atoms with Crippen molar-refractivity contribution in [1.29, 1.82) is 0 Å². The lowest BCUT2D eigenvalue weighted by Crippen LogP contribution is -2.49. The van der Waals surface area contributed by atoms with Gasteiger partial charge in [-0.25, -0.2) is 0 Å². The summed E-state index contributed by atoms with van der Waals surface area (Å²) in [6, 6.07) is 7.35. The van der Waals surface area contributed by atoms with Crippen molar-refractivity contribution < 1.29 is 9.59 Å². The molecule has 0 fully saturated rings. The van der Waals surface area contributed by atoms with Gasteiger partial charge in [-0.15, -0.1) is 0 Å². The second kappa shape index (κ2) is 7.43. The molecule has 1 aromatic rings. The first-order valence-corrected chi connectivity index (χ1v) is 7.37. The van der Waals surface area contributed by atoms with Crippen LogP contribution in [0.4, 0.5) is 0 Å². The average molecular weight is 341 g/mol. The van der Waals surface area contributed by atoms with E-state index < -0.39 is 6.04 Å². The molecule has 0 aliphatic rings. The molecule has 1 unspecified atom stereocenters. The number of carbonyl (C=O) groups is 2. The van der Waals surface area contributed by atoms with Crippen molar-refractivity contribution in [2.75, 3.05) is 7.05 Å². The zero-order valence-electron chi connectivity index (χ0n) is 12.3. The molecule has 0 bridgehead atoms. The number of amides is 2. The van der Waals surface area contributed by atoms with Crippen molar-refractivity contribution in [3.05, 3.63) is 34.3 Å². The van der Waals surface area contributed by atoms with Crippen LogP contribution in [0.2, 0.25) is 0 Å². The Hall–Kier alpha value is -1.36. The van der Waals surface area contributed by atoms with Crippen molar-refractivity contribution in [3.8, 4) is 0 Å². The number of hydrogen-bond acceptors (Lipinski definition) is 2. The number of carbonyl (C=O) groups excluding carboxylic acids is 2. The van der Waals surface area contributed by atoms with E-state index in [0.29, 0.717) is 6.54 Å². The van der Waals surface area contributed by atoms with Crippen LogP contribution in [0.5, 0.6) is 0 Å². The highest BCUT2D eigenvalue weighted by Crippen LogP contribution is 2.13. The number of nitrogens with one attached hydrogen (secondary N) is 1. The minimum absolute atomic E-state index is 0.0544. The summed E-state index contributed by atoms with van der Waals surface area (Å²) >= 11 is 3.38. The lowest BCUT2D eigenvalue weighted by molar-refractivity contribution is -0.136. The Labute approximate surface area is 128 Å². The fraction of sp³-hybridized carbons (Fsp3) is 0.467. The van der Waals surface area contributed by atoms with Crippen molar-refractivity contribution in [3.63, 3.8) is 0 Å². The number of rotatable bonds is 5. The summed E-state index contributed by atoms with van der Waals surface area (Å²) in [6.07, 6.45) is 0. The van der Waals surface area contributed by atoms with Crippen molar-refractivity contribution in [1.82, 2.24) is 10.2 Å². The Morgan fingerprint density at radius 2 is 1.80 bits per heavy atom. The Bertz CT molecular complexity index is 471. The third-order valence-corrected chi connectivity index (χ3v) is 3.53. The summed E-state index contributed by atoms with van der Waals surface area (Å²) in [6.45, 7) is 5.80. The molecule has 1 rings (SSSR count). The lowest BCUT2D eigenvalue weighted by Gasteiger charge is -2.26. The van der Waals surface area contributed by atoms with Gasteiger partial charge in [0.25, 0.3) is 0 Å². The maximum absolute atomic E-state index is 12.4. The van der Waals surface area contributed by atoms with Crippen LogP contribution < -0.4 is 5.32 Å². The molecule has 1 N–H and O–H groups in total. The normalized spacial score (nSPS) is 12.1. The van der Waals surface area contributed by atoms with Gasteiger partial charge in [-0.3, -0.25) is 9.59 Å². The predicted octanol–water partition coefficient (Wildman–Crippen LogP) is 2.57. The predicted molar refractivity (Wildman–Crippen MR) is 83.1 cm³/mol. The standard InChI is InChI=1S/C15H21BrN2O2/c1-10(2)14(17-11(3)19)15(20)18(4)9-12-5-7-13(16)8-6-12/h5-8,10,14H,9H2,1-4H3,(H,17,19). The third kappa shape index (κ3) is 4.96. The van der Waals surface area contributed by atoms with Gasteiger partial charge in [-0.05, 0) is 23.6 Å². The van der Waals surface area contributed by atoms with Gasteiger partial charge in [0, 0.05) is 25.0 Å². The summed E-state index contributed by atoms with van der Waals surface area (Å²) in [5.41, 5.74) is 1.05. The Morgan fingerprint density at radius 3 is 2.25 bits per heavy atom. The average Bonchev–Trinajstić information content (AvgIpc) is 2.37. The third-order valence-electron chi connectivity index (χ3n) is 3.00. The second-order valence-corrected chi connectivity index (χ2v) is 6.16. The van der Waals surface area contributed by atoms with Gasteiger partial charge in [-0.2, -0.15) is 0 Å². The molecular weight excluding hydrogens is 320 g/mol. The number of nitrogens with zero attached hydrogens (tertiary/aromatic N) is 1. The van der Waals surface area contributed by atoms with Gasteiger partial charge in [0.2, 0.25) is 11.8 Å². The first-order chi connectivity index (χ1) is 9.31. The van der Waals surface area contributed by atoms with Gasteiger partial charge in [0.15, 0.2) is 0 Å². The summed E-state index contributed by atoms with van der Waals surface area (Å²) in [4.78, 5) is 25.2. The van der Waals surface area contributed by atoms with Crippen LogP contribution in [-0.4, -0.2) is 29.8 Å². The van der Waals surface area contributed by atoms with E-state index in [2.05, 4.69) is 21.2 Å². The highest BCUT2D eigenvalue weighted by atomic mass is 79.9. The Morgan fingerprint density at radius 1 is 1.25 bits per heavy atom. The zero-order chi connectivity index (χ0) is 15.3. The smallest absolute Gasteiger partial charge is 0.245 e. The van der Waals surface area contributed by atoms with E-state index in [-0.39, 0.29) is 17.7 Å². The van der Waals surface area contributed by atoms with E-state index in [0.717, 1.165) is 10.0 Å². The number of benzene rings is 1. The van der Waals surface area contributed by atoms with Gasteiger partial charge >= 0.3 is 0 Å². The molecule has 0 saturated heterocycles. The molecule has 0 saturated carbocycles. The molecule has 5 heteroatoms. The number of halogens is 1. The molecule has 0 radical (unpaired) electrons. The first-order valence-electron chi connectivity index (χ1n) is 6.57. The highest BCUT2D eigenvalue weighted by Gasteiger charge is 2.25. The minimum atomic E-state index is -0.479. The zero-order valence-corrected chi connectivity index (χ0v) is 13.9. The van der Waals surface area contributed by atoms with Crippen LogP contribution in [0.1, 0.15) is 26.3 Å². The van der Waals surface area contributed by atoms with E-state index in [9.17, 15) is 9.59 Å². The molecule has 0 aromatic heterocycles. The van der Waals surface area contributed by atoms with Gasteiger partial charge in [0.05, 0.1) is 0 Å². The van der Waals surface area contributed by atoms with Crippen molar-refractivity contribution >= 4 is 27.7 Å². The summed E-state index contributed by atoms with van der Waals surface area (Å²) in [5.74, 6) is -0.203. The van der Waals surface area contributed by atoms with Crippen LogP contribution in [0.15, 0.2) is 28.7 Å². The highest BCUT2D eigenvalue weighted by molar-refractivity contribution is 9.10. The summed E-state index contributed by atoms with van der Waals surface area (Å²) in [5, 5.41) is 2.72. The van der Waals surface area contributed by atoms with E-state index in [1.165, 1.54) is 6.92 Å². The summed E-state index contributed by atoms with van der Waals surface area (Å²) < 4.78 is 1.01. The van der Waals surface area contributed by atoms with Crippen LogP contribution in [0, 0.1) is 5.92 Å². The molecule has 0 aliphatic carbocycles. The van der Waals surface area contributed by atoms with Crippen LogP contribution in [0.3, 0.4) is 0 Å². The van der Waals surface area contributed by atoms with Crippen LogP contribution in [-0.2, 0) is 16.1 Å². The van der Waals surface area contributed by atoms with Gasteiger partial charge < -0.3 is 10.2 Å². The largest absolute Gasteiger partial charge is 0.344 e. The maximum Gasteiger partial charge on any atom is 0.245 e. The molecule has 0 aliphatic heterocycles. The fourth-order valence-electron chi connectivity index (χ4n) is 1.91. The summed E-state index contributed by atoms with van der Waals surface area (Å²) in [7, 11) is 1.75. The number of likely N-dealkylation sites (N-methyl/N-ethyl adjacent to an activating group) is 1. The van der Waals surface area contributed by atoms with E-state index >= 15 is 0 Å². The van der Waals surface area contributed by atoms with Crippen LogP contribution >= 0.6 is 15.9 Å². The Kier molecular flexibility index (Phi) is 6.20. The van der Waals surface area contributed by atoms with Crippen molar-refractivity contribution in [2.24, 2.45) is 5.92 Å². The molecule has 0 spiro atoms. The molecule has 1 aromatic carbocycles. The molecule has 4 nitrogen and oxygen atoms in total. The molecule has 1 atom stereocenters. The maximum atomic E-state index is 12.4. The molecular formula is C15H21BrN2O2. The van der Waals surface area contributed by atoms with E-state index in [1.54, 1.807) is 11.9 Å². The van der Waals surface area contributed by atoms with E-state index in [1.807, 2.05) is 38.1 Å². The SMILES string of the molecule is CC(=O)NC(C(=O)N(C)Cc1ccc(Br)cc1)C(C)C. The minimum Gasteiger partial charge on any atom is -0.344 e. The fourth-order valence-corrected chi connectivity index (χ4v) is 2.18. The molecule has 20 heavy (non-hydrogen) atoms. The number of hydrogen-bond donors (Lipinski definition) is 1. The van der Waals surface area contributed by atoms with E-state index in [4.69, 9.17) is 0 Å². The Balaban J connectivity index is 2.73. The molecule has 2 amide bonds. The monoisotopic (exact) mass is 340 g/mol. The molecule has 110 valence electrons. The lowest BCUT2D eigenvalue weighted by atomic mass is 10.0. The van der Waals surface area contributed by atoms with Crippen LogP contribution in [0.25, 0.3) is 0 Å². The molecule has 0 heterocycles. The van der Waals surface area contributed by atoms with Gasteiger partial charge in [-0.1, -0.05) is 41.9 Å².